The maximum atomic E-state index is 2.51. The molecule has 0 aromatic heterocycles. The van der Waals surface area contributed by atoms with Crippen molar-refractivity contribution in [3.05, 3.63) is 25.7 Å². The molecule has 12 aliphatic rings. The zero-order valence-corrected chi connectivity index (χ0v) is 69.4. The van der Waals surface area contributed by atoms with E-state index in [0.717, 1.165) is 101 Å². The van der Waals surface area contributed by atoms with Crippen molar-refractivity contribution in [3.63, 3.8) is 0 Å². The molecular formula is C91H188B3Y3-4. The molecule has 12 rings (SSSR count). The molecule has 6 heteroatoms. The SMILES string of the molecule is C.C.C.C.C.C.C.C.CC1CCC(CC2CCC(CC3CCC(C)CC3)CC2)CC1.CC1CCC(CC2CCC(CC3CC[CH-]CC3)CC2)CC1.CC1CCC(CC2CCC(CC3CC[CH-]CC3)CC2)CC1.CC1CCCCC1.[2HH].[2HH].[2HH].[B].[B].[B].[CH-]1CCCCC1.[CH-]1CCCCC1.[Y].[Y].[Y]. The van der Waals surface area contributed by atoms with Gasteiger partial charge >= 0.3 is 0 Å². The van der Waals surface area contributed by atoms with Crippen molar-refractivity contribution in [1.82, 2.24) is 0 Å². The third kappa shape index (κ3) is 53.1. The van der Waals surface area contributed by atoms with E-state index >= 15 is 0 Å². The molecule has 12 radical (unpaired) electrons. The molecule has 0 amide bonds. The molecule has 0 heterocycles. The van der Waals surface area contributed by atoms with Gasteiger partial charge in [0.05, 0.1) is 0 Å². The van der Waals surface area contributed by atoms with Crippen LogP contribution in [-0.4, -0.2) is 25.2 Å². The van der Waals surface area contributed by atoms with Crippen LogP contribution in [0.1, 0.15) is 464 Å². The molecule has 97 heavy (non-hydrogen) atoms. The molecule has 0 N–H and O–H groups in total. The Labute approximate surface area is 706 Å². The predicted molar refractivity (Wildman–Crippen MR) is 446 cm³/mol. The van der Waals surface area contributed by atoms with Gasteiger partial charge in [-0.25, -0.2) is 0 Å². The molecule has 0 aromatic carbocycles. The fourth-order valence-electron chi connectivity index (χ4n) is 19.8. The normalized spacial score (nSPS) is 31.8. The van der Waals surface area contributed by atoms with Gasteiger partial charge in [-0.2, -0.15) is 51.4 Å². The second kappa shape index (κ2) is 72.4. The Balaban J connectivity index is -0.000000108. The molecule has 0 spiro atoms. The molecule has 12 fully saturated rings. The summed E-state index contributed by atoms with van der Waals surface area (Å²) >= 11 is 0. The second-order valence-electron chi connectivity index (χ2n) is 33.8. The van der Waals surface area contributed by atoms with E-state index < -0.39 is 0 Å². The predicted octanol–water partition coefficient (Wildman–Crippen LogP) is 32.4. The zero-order chi connectivity index (χ0) is 57.9. The van der Waals surface area contributed by atoms with E-state index in [4.69, 9.17) is 0 Å². The summed E-state index contributed by atoms with van der Waals surface area (Å²) in [6, 6.07) is 0. The summed E-state index contributed by atoms with van der Waals surface area (Å²) in [5.74, 6) is 18.2. The zero-order valence-electron chi connectivity index (χ0n) is 60.9. The Morgan fingerprint density at radius 1 is 0.175 bits per heavy atom. The van der Waals surface area contributed by atoms with Crippen molar-refractivity contribution < 1.29 is 102 Å². The van der Waals surface area contributed by atoms with E-state index in [0.29, 0.717) is 0 Å². The third-order valence-corrected chi connectivity index (χ3v) is 26.1. The molecule has 0 nitrogen and oxygen atoms in total. The summed E-state index contributed by atoms with van der Waals surface area (Å²) < 4.78 is 0. The largest absolute Gasteiger partial charge is 0.328 e. The Hall–Kier alpha value is 3.51. The smallest absolute Gasteiger partial charge is 0 e. The van der Waals surface area contributed by atoms with Crippen LogP contribution >= 0.6 is 0 Å². The summed E-state index contributed by atoms with van der Waals surface area (Å²) in [4.78, 5) is 0. The van der Waals surface area contributed by atoms with Crippen LogP contribution in [0.5, 0.6) is 0 Å². The van der Waals surface area contributed by atoms with E-state index in [1.807, 2.05) is 0 Å². The van der Waals surface area contributed by atoms with Crippen LogP contribution < -0.4 is 0 Å². The van der Waals surface area contributed by atoms with Gasteiger partial charge in [0.2, 0.25) is 0 Å². The fraction of sp³-hybridized carbons (Fsp3) is 0.956. The van der Waals surface area contributed by atoms with Crippen molar-refractivity contribution in [2.45, 2.75) is 460 Å². The van der Waals surface area contributed by atoms with Gasteiger partial charge in [0.15, 0.2) is 0 Å². The van der Waals surface area contributed by atoms with Gasteiger partial charge in [-0.3, -0.25) is 0 Å². The minimum absolute atomic E-state index is 0. The van der Waals surface area contributed by atoms with Crippen molar-refractivity contribution in [2.24, 2.45) is 101 Å². The third-order valence-electron chi connectivity index (χ3n) is 26.1. The first-order valence-corrected chi connectivity index (χ1v) is 39.9. The van der Waals surface area contributed by atoms with Gasteiger partial charge in [0.1, 0.15) is 0 Å². The molecule has 0 aromatic rings. The second-order valence-corrected chi connectivity index (χ2v) is 33.8. The van der Waals surface area contributed by atoms with Crippen molar-refractivity contribution in [1.29, 1.82) is 0 Å². The van der Waals surface area contributed by atoms with Crippen LogP contribution in [0, 0.1) is 126 Å². The summed E-state index contributed by atoms with van der Waals surface area (Å²) in [5.41, 5.74) is 0. The first-order chi connectivity index (χ1) is 40.7. The number of hydrogen-bond donors (Lipinski definition) is 0. The quantitative estimate of drug-likeness (QED) is 0.135. The average molecular weight is 1580 g/mol. The molecule has 0 saturated heterocycles. The van der Waals surface area contributed by atoms with Crippen LogP contribution in [0.2, 0.25) is 0 Å². The molecular weight excluding hydrogens is 1390 g/mol. The Morgan fingerprint density at radius 3 is 0.443 bits per heavy atom. The van der Waals surface area contributed by atoms with Gasteiger partial charge in [-0.15, -0.1) is 0 Å². The molecule has 0 bridgehead atoms. The van der Waals surface area contributed by atoms with Gasteiger partial charge < -0.3 is 25.7 Å². The molecule has 0 unspecified atom stereocenters. The summed E-state index contributed by atoms with van der Waals surface area (Å²) in [6.07, 6.45) is 95.8. The van der Waals surface area contributed by atoms with Gasteiger partial charge in [0, 0.05) is 128 Å². The molecule has 0 atom stereocenters. The Morgan fingerprint density at radius 2 is 0.309 bits per heavy atom. The first kappa shape index (κ1) is 116. The van der Waals surface area contributed by atoms with Crippen LogP contribution in [0.3, 0.4) is 0 Å². The van der Waals surface area contributed by atoms with Crippen LogP contribution in [0.4, 0.5) is 0 Å². The average Bonchev–Trinajstić information content (AvgIpc) is 0.901. The van der Waals surface area contributed by atoms with Gasteiger partial charge in [-0.05, 0) is 139 Å². The van der Waals surface area contributed by atoms with Crippen molar-refractivity contribution >= 4 is 25.2 Å². The van der Waals surface area contributed by atoms with Gasteiger partial charge in [0.25, 0.3) is 0 Å². The summed E-state index contributed by atoms with van der Waals surface area (Å²) in [7, 11) is 0. The molecule has 0 aliphatic heterocycles. The Bertz CT molecular complexity index is 1370. The van der Waals surface area contributed by atoms with Crippen LogP contribution in [0.15, 0.2) is 0 Å². The van der Waals surface area contributed by atoms with Crippen LogP contribution in [-0.2, 0) is 98.1 Å². The van der Waals surface area contributed by atoms with Crippen molar-refractivity contribution in [2.75, 3.05) is 0 Å². The number of rotatable bonds is 12. The van der Waals surface area contributed by atoms with E-state index in [-0.39, 0.29) is 187 Å². The van der Waals surface area contributed by atoms with E-state index in [9.17, 15) is 0 Å². The minimum atomic E-state index is 0. The van der Waals surface area contributed by atoms with E-state index in [2.05, 4.69) is 60.3 Å². The summed E-state index contributed by atoms with van der Waals surface area (Å²) in [6.45, 7) is 12.2. The molecule has 574 valence electrons. The minimum Gasteiger partial charge on any atom is -0.328 e. The standard InChI is InChI=1S/C22H40.2C21H37.C7H14.2C6H11.8CH4.3B.3Y.3H2/c1-17-3-7-19(8-4-17)15-21-11-13-22(14-12-21)16-20-9-5-18(2)6-10-20;2*1-17-7-9-19(10-8-17)16-21-13-11-20(12-14-21)15-18-5-3-2-4-6-18;1-7-5-3-2-4-6-7;2*1-2-4-6-5-3-1;;;;;;;;;;;;;;;;;/h17-22H,3-16H2,1-2H3;2*2,17-21H,3-16H2,1H3;7H,2-6H2,1H3;2*1H,2-6H2;8*1H4;;;;;;;3*1H/q;2*-1;;2*-1;;;;;;;;;;;;;;;;;/i;;;;;;;;;;;;;;;;;;;;3*1+1. The fourth-order valence-corrected chi connectivity index (χ4v) is 19.8. The maximum absolute atomic E-state index is 2.51. The Kier molecular flexibility index (Phi) is 86.8. The monoisotopic (exact) mass is 1580 g/mol. The molecule has 12 saturated carbocycles. The van der Waals surface area contributed by atoms with Gasteiger partial charge in [-0.1, -0.05) is 370 Å². The number of hydrogen-bond acceptors (Lipinski definition) is 0. The first-order valence-electron chi connectivity index (χ1n) is 39.9. The van der Waals surface area contributed by atoms with Crippen molar-refractivity contribution in [3.8, 4) is 0 Å². The van der Waals surface area contributed by atoms with E-state index in [1.54, 1.807) is 167 Å². The summed E-state index contributed by atoms with van der Waals surface area (Å²) in [5, 5.41) is 0. The van der Waals surface area contributed by atoms with Crippen LogP contribution in [0.25, 0.3) is 0 Å². The topological polar surface area (TPSA) is 0 Å². The van der Waals surface area contributed by atoms with E-state index in [1.165, 1.54) is 199 Å². The molecule has 12 aliphatic carbocycles. The maximum Gasteiger partial charge on any atom is 0 e.